The number of piperazine rings is 1. The molecule has 1 fully saturated rings. The molecule has 1 saturated heterocycles. The molecule has 0 radical (unpaired) electrons. The molecule has 1 aromatic heterocycles. The zero-order chi connectivity index (χ0) is 17.6. The van der Waals surface area contributed by atoms with Crippen molar-refractivity contribution in [1.29, 1.82) is 0 Å². The van der Waals surface area contributed by atoms with Crippen molar-refractivity contribution in [1.82, 2.24) is 0 Å². The second kappa shape index (κ2) is 8.00. The highest BCUT2D eigenvalue weighted by molar-refractivity contribution is 5.69. The Hall–Kier alpha value is -2.58. The maximum atomic E-state index is 11.3. The Bertz CT molecular complexity index is 697. The fourth-order valence-corrected chi connectivity index (χ4v) is 3.11. The number of nitro benzene ring substituents is 1. The topological polar surface area (TPSA) is 96.2 Å². The third kappa shape index (κ3) is 4.28. The van der Waals surface area contributed by atoms with Crippen molar-refractivity contribution < 1.29 is 19.3 Å². The van der Waals surface area contributed by atoms with Crippen molar-refractivity contribution in [3.63, 3.8) is 0 Å². The van der Waals surface area contributed by atoms with Gasteiger partial charge in [-0.15, -0.1) is 0 Å². The molecule has 134 valence electrons. The van der Waals surface area contributed by atoms with Crippen LogP contribution in [0.1, 0.15) is 5.76 Å². The Morgan fingerprint density at radius 3 is 2.76 bits per heavy atom. The zero-order valence-corrected chi connectivity index (χ0v) is 14.0. The molecule has 1 aliphatic rings. The first kappa shape index (κ1) is 17.2. The van der Waals surface area contributed by atoms with Crippen molar-refractivity contribution in [2.24, 2.45) is 0 Å². The van der Waals surface area contributed by atoms with E-state index in [4.69, 9.17) is 9.52 Å². The first-order valence-electron chi connectivity index (χ1n) is 8.41. The van der Waals surface area contributed by atoms with Crippen LogP contribution in [0, 0.1) is 10.1 Å². The summed E-state index contributed by atoms with van der Waals surface area (Å²) >= 11 is 0. The second-order valence-electron chi connectivity index (χ2n) is 6.10. The van der Waals surface area contributed by atoms with Gasteiger partial charge in [-0.2, -0.15) is 0 Å². The van der Waals surface area contributed by atoms with E-state index in [1.807, 2.05) is 12.1 Å². The van der Waals surface area contributed by atoms with Crippen LogP contribution in [0.3, 0.4) is 0 Å². The summed E-state index contributed by atoms with van der Waals surface area (Å²) in [7, 11) is 0. The van der Waals surface area contributed by atoms with E-state index in [0.717, 1.165) is 44.2 Å². The van der Waals surface area contributed by atoms with Gasteiger partial charge in [0.1, 0.15) is 18.0 Å². The number of anilines is 2. The van der Waals surface area contributed by atoms with Crippen LogP contribution in [-0.2, 0) is 6.54 Å². The smallest absolute Gasteiger partial charge is 0.292 e. The minimum atomic E-state index is -0.377. The van der Waals surface area contributed by atoms with Crippen LogP contribution in [0.25, 0.3) is 0 Å². The number of aliphatic hydroxyl groups excluding tert-OH is 1. The van der Waals surface area contributed by atoms with Crippen LogP contribution in [-0.4, -0.2) is 49.4 Å². The summed E-state index contributed by atoms with van der Waals surface area (Å²) in [5, 5.41) is 23.4. The van der Waals surface area contributed by atoms with Crippen LogP contribution in [0.4, 0.5) is 17.1 Å². The maximum Gasteiger partial charge on any atom is 0.292 e. The van der Waals surface area contributed by atoms with E-state index in [1.165, 1.54) is 4.90 Å². The zero-order valence-electron chi connectivity index (χ0n) is 14.0. The lowest BCUT2D eigenvalue weighted by Crippen LogP contribution is -3.15. The number of rotatable bonds is 7. The van der Waals surface area contributed by atoms with Crippen LogP contribution >= 0.6 is 0 Å². The van der Waals surface area contributed by atoms with Gasteiger partial charge in [0.15, 0.2) is 0 Å². The summed E-state index contributed by atoms with van der Waals surface area (Å²) in [6.45, 7) is 5.00. The SMILES string of the molecule is O=[N+]([O-])c1ccc(N2CC[NH+](CCO)CC2)cc1NCc1ccco1. The van der Waals surface area contributed by atoms with Crippen molar-refractivity contribution >= 4 is 17.1 Å². The number of nitrogens with zero attached hydrogens (tertiary/aromatic N) is 2. The van der Waals surface area contributed by atoms with Crippen LogP contribution in [0.2, 0.25) is 0 Å². The van der Waals surface area contributed by atoms with E-state index < -0.39 is 0 Å². The Morgan fingerprint density at radius 2 is 2.12 bits per heavy atom. The lowest BCUT2D eigenvalue weighted by atomic mass is 10.2. The van der Waals surface area contributed by atoms with Gasteiger partial charge in [0.05, 0.1) is 50.5 Å². The van der Waals surface area contributed by atoms with Gasteiger partial charge in [-0.3, -0.25) is 10.1 Å². The third-order valence-electron chi connectivity index (χ3n) is 4.51. The standard InChI is InChI=1S/C17H22N4O4/c22-10-9-19-5-7-20(8-6-19)14-3-4-17(21(23)24)16(12-14)18-13-15-2-1-11-25-15/h1-4,11-12,18,22H,5-10,13H2/p+1. The van der Waals surface area contributed by atoms with E-state index in [2.05, 4.69) is 10.2 Å². The summed E-state index contributed by atoms with van der Waals surface area (Å²) in [6, 6.07) is 8.79. The second-order valence-corrected chi connectivity index (χ2v) is 6.10. The molecule has 0 aliphatic carbocycles. The number of aliphatic hydroxyl groups is 1. The van der Waals surface area contributed by atoms with Crippen LogP contribution in [0.5, 0.6) is 0 Å². The van der Waals surface area contributed by atoms with Gasteiger partial charge in [0.25, 0.3) is 5.69 Å². The summed E-state index contributed by atoms with van der Waals surface area (Å²) < 4.78 is 5.27. The summed E-state index contributed by atoms with van der Waals surface area (Å²) in [6.07, 6.45) is 1.58. The van der Waals surface area contributed by atoms with Crippen molar-refractivity contribution in [3.05, 3.63) is 52.5 Å². The van der Waals surface area contributed by atoms with Gasteiger partial charge in [-0.25, -0.2) is 0 Å². The van der Waals surface area contributed by atoms with E-state index in [1.54, 1.807) is 24.5 Å². The number of nitrogens with one attached hydrogen (secondary N) is 2. The molecule has 0 saturated carbocycles. The molecule has 2 aromatic rings. The molecule has 8 heteroatoms. The Morgan fingerprint density at radius 1 is 1.32 bits per heavy atom. The fourth-order valence-electron chi connectivity index (χ4n) is 3.11. The quantitative estimate of drug-likeness (QED) is 0.499. The number of nitro groups is 1. The molecule has 0 unspecified atom stereocenters. The largest absolute Gasteiger partial charge is 0.467 e. The first-order valence-corrected chi connectivity index (χ1v) is 8.41. The third-order valence-corrected chi connectivity index (χ3v) is 4.51. The highest BCUT2D eigenvalue weighted by Gasteiger charge is 2.22. The van der Waals surface area contributed by atoms with Gasteiger partial charge < -0.3 is 24.6 Å². The normalized spacial score (nSPS) is 15.3. The van der Waals surface area contributed by atoms with Crippen molar-refractivity contribution in [2.45, 2.75) is 6.54 Å². The van der Waals surface area contributed by atoms with Crippen LogP contribution in [0.15, 0.2) is 41.0 Å². The molecular weight excluding hydrogens is 324 g/mol. The molecule has 0 amide bonds. The number of benzene rings is 1. The highest BCUT2D eigenvalue weighted by Crippen LogP contribution is 2.30. The molecule has 25 heavy (non-hydrogen) atoms. The molecule has 0 atom stereocenters. The average Bonchev–Trinajstić information content (AvgIpc) is 3.14. The Kier molecular flexibility index (Phi) is 5.52. The molecule has 0 bridgehead atoms. The summed E-state index contributed by atoms with van der Waals surface area (Å²) in [4.78, 5) is 14.5. The number of furan rings is 1. The monoisotopic (exact) mass is 347 g/mol. The highest BCUT2D eigenvalue weighted by atomic mass is 16.6. The van der Waals surface area contributed by atoms with Gasteiger partial charge in [-0.1, -0.05) is 0 Å². The molecule has 1 aliphatic heterocycles. The van der Waals surface area contributed by atoms with Gasteiger partial charge in [0.2, 0.25) is 0 Å². The van der Waals surface area contributed by atoms with Gasteiger partial charge in [-0.05, 0) is 24.3 Å². The predicted octanol–water partition coefficient (Wildman–Crippen LogP) is 0.497. The van der Waals surface area contributed by atoms with Crippen molar-refractivity contribution in [2.75, 3.05) is 49.5 Å². The Balaban J connectivity index is 1.72. The molecule has 8 nitrogen and oxygen atoms in total. The molecule has 0 spiro atoms. The maximum absolute atomic E-state index is 11.3. The fraction of sp³-hybridized carbons (Fsp3) is 0.412. The predicted molar refractivity (Wildman–Crippen MR) is 94.0 cm³/mol. The van der Waals surface area contributed by atoms with E-state index in [-0.39, 0.29) is 17.2 Å². The van der Waals surface area contributed by atoms with Crippen LogP contribution < -0.4 is 15.1 Å². The van der Waals surface area contributed by atoms with Crippen molar-refractivity contribution in [3.8, 4) is 0 Å². The van der Waals surface area contributed by atoms with E-state index >= 15 is 0 Å². The number of hydrogen-bond acceptors (Lipinski definition) is 6. The lowest BCUT2D eigenvalue weighted by molar-refractivity contribution is -0.900. The first-order chi connectivity index (χ1) is 12.2. The van der Waals surface area contributed by atoms with E-state index in [0.29, 0.717) is 12.2 Å². The lowest BCUT2D eigenvalue weighted by Gasteiger charge is -2.33. The minimum absolute atomic E-state index is 0.0554. The summed E-state index contributed by atoms with van der Waals surface area (Å²) in [5.41, 5.74) is 1.51. The number of hydrogen-bond donors (Lipinski definition) is 3. The molecular formula is C17H23N4O4+. The molecule has 3 N–H and O–H groups in total. The van der Waals surface area contributed by atoms with E-state index in [9.17, 15) is 10.1 Å². The Labute approximate surface area is 145 Å². The molecule has 2 heterocycles. The minimum Gasteiger partial charge on any atom is -0.467 e. The average molecular weight is 347 g/mol. The molecule has 3 rings (SSSR count). The van der Waals surface area contributed by atoms with Gasteiger partial charge in [0, 0.05) is 11.8 Å². The number of quaternary nitrogens is 1. The molecule has 1 aromatic carbocycles. The van der Waals surface area contributed by atoms with Gasteiger partial charge >= 0.3 is 0 Å². The summed E-state index contributed by atoms with van der Waals surface area (Å²) in [5.74, 6) is 0.723.